The van der Waals surface area contributed by atoms with Crippen molar-refractivity contribution in [3.05, 3.63) is 23.3 Å². The molecule has 2 N–H and O–H groups in total. The Balaban J connectivity index is 1.65. The first-order chi connectivity index (χ1) is 10.1. The van der Waals surface area contributed by atoms with E-state index in [9.17, 15) is 9.90 Å². The highest BCUT2D eigenvalue weighted by molar-refractivity contribution is 5.93. The van der Waals surface area contributed by atoms with Crippen LogP contribution in [0.4, 0.5) is 5.69 Å². The Labute approximate surface area is 125 Å². The quantitative estimate of drug-likeness (QED) is 0.837. The van der Waals surface area contributed by atoms with Crippen LogP contribution in [0.3, 0.4) is 0 Å². The van der Waals surface area contributed by atoms with E-state index >= 15 is 0 Å². The number of phenols is 1. The molecule has 0 atom stereocenters. The molecule has 1 saturated carbocycles. The van der Waals surface area contributed by atoms with Crippen LogP contribution >= 0.6 is 0 Å². The highest BCUT2D eigenvalue weighted by Gasteiger charge is 2.33. The molecular weight excluding hydrogens is 266 g/mol. The van der Waals surface area contributed by atoms with E-state index < -0.39 is 0 Å². The second kappa shape index (κ2) is 5.68. The van der Waals surface area contributed by atoms with Crippen molar-refractivity contribution >= 4 is 11.6 Å². The van der Waals surface area contributed by atoms with Gasteiger partial charge >= 0.3 is 0 Å². The lowest BCUT2D eigenvalue weighted by molar-refractivity contribution is -0.134. The fourth-order valence-corrected chi connectivity index (χ4v) is 3.21. The average molecular weight is 289 g/mol. The number of aromatic hydroxyl groups is 1. The summed E-state index contributed by atoms with van der Waals surface area (Å²) in [5.41, 5.74) is 2.80. The number of anilines is 1. The van der Waals surface area contributed by atoms with Gasteiger partial charge in [0.25, 0.3) is 0 Å². The molecule has 1 amide bonds. The van der Waals surface area contributed by atoms with E-state index in [-0.39, 0.29) is 18.1 Å². The van der Waals surface area contributed by atoms with Crippen molar-refractivity contribution in [2.24, 2.45) is 0 Å². The van der Waals surface area contributed by atoms with Gasteiger partial charge in [-0.05, 0) is 75.1 Å². The van der Waals surface area contributed by atoms with Crippen LogP contribution in [-0.4, -0.2) is 23.2 Å². The normalized spacial score (nSPS) is 19.5. The van der Waals surface area contributed by atoms with Crippen LogP contribution in [-0.2, 0) is 22.4 Å². The van der Waals surface area contributed by atoms with E-state index in [0.29, 0.717) is 5.75 Å². The van der Waals surface area contributed by atoms with E-state index in [1.807, 2.05) is 0 Å². The third-order valence-corrected chi connectivity index (χ3v) is 4.75. The minimum absolute atomic E-state index is 0.103. The summed E-state index contributed by atoms with van der Waals surface area (Å²) >= 11 is 0. The Kier molecular flexibility index (Phi) is 3.89. The van der Waals surface area contributed by atoms with Gasteiger partial charge in [0, 0.05) is 5.69 Å². The molecule has 0 unspecified atom stereocenters. The summed E-state index contributed by atoms with van der Waals surface area (Å²) in [6, 6.07) is 3.47. The minimum Gasteiger partial charge on any atom is -0.508 e. The summed E-state index contributed by atoms with van der Waals surface area (Å²) in [7, 11) is 0. The topological polar surface area (TPSA) is 58.6 Å². The Morgan fingerprint density at radius 3 is 2.62 bits per heavy atom. The Morgan fingerprint density at radius 1 is 1.24 bits per heavy atom. The first kappa shape index (κ1) is 14.4. The van der Waals surface area contributed by atoms with Crippen molar-refractivity contribution in [3.8, 4) is 5.75 Å². The molecule has 0 heterocycles. The van der Waals surface area contributed by atoms with Gasteiger partial charge in [0.15, 0.2) is 0 Å². The van der Waals surface area contributed by atoms with E-state index in [2.05, 4.69) is 12.2 Å². The SMILES string of the molecule is CC1(OCC(=O)Nc2ccc(O)c3c2CCCC3)CCC1. The van der Waals surface area contributed by atoms with Crippen molar-refractivity contribution < 1.29 is 14.6 Å². The van der Waals surface area contributed by atoms with E-state index in [4.69, 9.17) is 4.74 Å². The largest absolute Gasteiger partial charge is 0.508 e. The molecule has 0 aromatic heterocycles. The molecule has 1 aromatic carbocycles. The van der Waals surface area contributed by atoms with E-state index in [0.717, 1.165) is 55.3 Å². The third-order valence-electron chi connectivity index (χ3n) is 4.75. The first-order valence-corrected chi connectivity index (χ1v) is 7.85. The van der Waals surface area contributed by atoms with E-state index in [1.165, 1.54) is 6.42 Å². The number of hydrogen-bond donors (Lipinski definition) is 2. The molecule has 3 rings (SSSR count). The maximum absolute atomic E-state index is 12.1. The lowest BCUT2D eigenvalue weighted by Gasteiger charge is -2.37. The summed E-state index contributed by atoms with van der Waals surface area (Å²) < 4.78 is 5.71. The number of amides is 1. The van der Waals surface area contributed by atoms with Gasteiger partial charge in [0.1, 0.15) is 12.4 Å². The van der Waals surface area contributed by atoms with Gasteiger partial charge in [0.05, 0.1) is 5.60 Å². The smallest absolute Gasteiger partial charge is 0.250 e. The molecule has 1 aromatic rings. The van der Waals surface area contributed by atoms with Gasteiger partial charge in [-0.2, -0.15) is 0 Å². The van der Waals surface area contributed by atoms with Gasteiger partial charge in [0.2, 0.25) is 5.91 Å². The molecule has 4 nitrogen and oxygen atoms in total. The van der Waals surface area contributed by atoms with Crippen LogP contribution in [0, 0.1) is 0 Å². The number of phenolic OH excluding ortho intramolecular Hbond substituents is 1. The highest BCUT2D eigenvalue weighted by Crippen LogP contribution is 2.35. The standard InChI is InChI=1S/C17H23NO3/c1-17(9-4-10-17)21-11-16(20)18-14-7-8-15(19)13-6-3-2-5-12(13)14/h7-8,19H,2-6,9-11H2,1H3,(H,18,20). The summed E-state index contributed by atoms with van der Waals surface area (Å²) in [4.78, 5) is 12.1. The molecule has 0 spiro atoms. The second-order valence-corrected chi connectivity index (χ2v) is 6.44. The summed E-state index contributed by atoms with van der Waals surface area (Å²) in [5.74, 6) is 0.238. The van der Waals surface area contributed by atoms with Gasteiger partial charge in [-0.25, -0.2) is 0 Å². The van der Waals surface area contributed by atoms with Crippen molar-refractivity contribution in [3.63, 3.8) is 0 Å². The number of rotatable bonds is 4. The van der Waals surface area contributed by atoms with Crippen LogP contribution in [0.2, 0.25) is 0 Å². The first-order valence-electron chi connectivity index (χ1n) is 7.85. The molecule has 4 heteroatoms. The molecule has 2 aliphatic rings. The predicted octanol–water partition coefficient (Wildman–Crippen LogP) is 3.17. The van der Waals surface area contributed by atoms with Crippen molar-refractivity contribution in [2.45, 2.75) is 57.5 Å². The van der Waals surface area contributed by atoms with Crippen molar-refractivity contribution in [1.29, 1.82) is 0 Å². The van der Waals surface area contributed by atoms with Gasteiger partial charge in [-0.3, -0.25) is 4.79 Å². The Morgan fingerprint density at radius 2 is 1.95 bits per heavy atom. The Hall–Kier alpha value is -1.55. The minimum atomic E-state index is -0.110. The van der Waals surface area contributed by atoms with Crippen LogP contribution in [0.1, 0.15) is 50.2 Å². The molecule has 2 aliphatic carbocycles. The maximum atomic E-state index is 12.1. The molecule has 0 radical (unpaired) electrons. The van der Waals surface area contributed by atoms with Gasteiger partial charge < -0.3 is 15.2 Å². The number of fused-ring (bicyclic) bond motifs is 1. The number of hydrogen-bond acceptors (Lipinski definition) is 3. The van der Waals surface area contributed by atoms with Gasteiger partial charge in [-0.15, -0.1) is 0 Å². The fraction of sp³-hybridized carbons (Fsp3) is 0.588. The van der Waals surface area contributed by atoms with Gasteiger partial charge in [-0.1, -0.05) is 0 Å². The maximum Gasteiger partial charge on any atom is 0.250 e. The predicted molar refractivity (Wildman–Crippen MR) is 81.6 cm³/mol. The lowest BCUT2D eigenvalue weighted by Crippen LogP contribution is -2.39. The third kappa shape index (κ3) is 3.05. The number of ether oxygens (including phenoxy) is 1. The number of benzene rings is 1. The van der Waals surface area contributed by atoms with E-state index in [1.54, 1.807) is 12.1 Å². The van der Waals surface area contributed by atoms with Crippen molar-refractivity contribution in [1.82, 2.24) is 0 Å². The molecule has 114 valence electrons. The molecule has 0 bridgehead atoms. The lowest BCUT2D eigenvalue weighted by atomic mass is 9.82. The zero-order valence-electron chi connectivity index (χ0n) is 12.6. The molecule has 21 heavy (non-hydrogen) atoms. The van der Waals surface area contributed by atoms with Crippen LogP contribution < -0.4 is 5.32 Å². The summed E-state index contributed by atoms with van der Waals surface area (Å²) in [6.07, 6.45) is 7.26. The zero-order valence-corrected chi connectivity index (χ0v) is 12.6. The highest BCUT2D eigenvalue weighted by atomic mass is 16.5. The molecule has 0 aliphatic heterocycles. The number of nitrogens with one attached hydrogen (secondary N) is 1. The summed E-state index contributed by atoms with van der Waals surface area (Å²) in [6.45, 7) is 2.17. The number of carbonyl (C=O) groups is 1. The fourth-order valence-electron chi connectivity index (χ4n) is 3.21. The second-order valence-electron chi connectivity index (χ2n) is 6.44. The van der Waals surface area contributed by atoms with Crippen LogP contribution in [0.25, 0.3) is 0 Å². The molecule has 1 fully saturated rings. The zero-order chi connectivity index (χ0) is 14.9. The molecular formula is C17H23NO3. The molecule has 0 saturated heterocycles. The average Bonchev–Trinajstić information content (AvgIpc) is 2.46. The monoisotopic (exact) mass is 289 g/mol. The van der Waals surface area contributed by atoms with Crippen molar-refractivity contribution in [2.75, 3.05) is 11.9 Å². The summed E-state index contributed by atoms with van der Waals surface area (Å²) in [5, 5.41) is 12.9. The Bertz CT molecular complexity index is 549. The number of carbonyl (C=O) groups excluding carboxylic acids is 1. The van der Waals surface area contributed by atoms with Crippen LogP contribution in [0.15, 0.2) is 12.1 Å². The van der Waals surface area contributed by atoms with Crippen LogP contribution in [0.5, 0.6) is 5.75 Å².